The van der Waals surface area contributed by atoms with Crippen molar-refractivity contribution in [1.82, 2.24) is 4.72 Å². The molecule has 0 aliphatic carbocycles. The minimum absolute atomic E-state index is 0.0997. The van der Waals surface area contributed by atoms with Gasteiger partial charge in [-0.15, -0.1) is 0 Å². The van der Waals surface area contributed by atoms with Crippen LogP contribution in [0.15, 0.2) is 65.6 Å². The summed E-state index contributed by atoms with van der Waals surface area (Å²) in [5.74, 6) is -5.82. The van der Waals surface area contributed by atoms with Crippen molar-refractivity contribution in [2.75, 3.05) is 5.32 Å². The van der Waals surface area contributed by atoms with Crippen LogP contribution in [-0.2, 0) is 21.2 Å². The molecule has 0 radical (unpaired) electrons. The highest BCUT2D eigenvalue weighted by atomic mass is 35.5. The Labute approximate surface area is 192 Å². The summed E-state index contributed by atoms with van der Waals surface area (Å²) in [7, 11) is -4.35. The normalized spacial score (nSPS) is 12.4. The molecule has 0 fully saturated rings. The monoisotopic (exact) mass is 502 g/mol. The number of carbonyl (C=O) groups excluding carboxylic acids is 1. The molecule has 3 aromatic rings. The lowest BCUT2D eigenvalue weighted by Gasteiger charge is -2.19. The van der Waals surface area contributed by atoms with Crippen molar-refractivity contribution in [3.05, 3.63) is 93.7 Å². The summed E-state index contributed by atoms with van der Waals surface area (Å²) >= 11 is 11.8. The molecule has 32 heavy (non-hydrogen) atoms. The molecule has 0 aromatic heterocycles. The van der Waals surface area contributed by atoms with Gasteiger partial charge < -0.3 is 5.32 Å². The summed E-state index contributed by atoms with van der Waals surface area (Å²) in [6.07, 6.45) is -0.130. The molecule has 0 saturated heterocycles. The second-order valence-corrected chi connectivity index (χ2v) is 9.18. The van der Waals surface area contributed by atoms with Gasteiger partial charge in [0.1, 0.15) is 10.9 Å². The van der Waals surface area contributed by atoms with E-state index in [-0.39, 0.29) is 21.4 Å². The van der Waals surface area contributed by atoms with Crippen LogP contribution in [0.2, 0.25) is 10.0 Å². The number of hydrogen-bond donors (Lipinski definition) is 2. The van der Waals surface area contributed by atoms with Crippen LogP contribution in [0.5, 0.6) is 0 Å². The summed E-state index contributed by atoms with van der Waals surface area (Å²) in [6, 6.07) is 12.2. The second-order valence-electron chi connectivity index (χ2n) is 6.65. The van der Waals surface area contributed by atoms with Gasteiger partial charge in [-0.3, -0.25) is 4.79 Å². The maximum absolute atomic E-state index is 14.0. The lowest BCUT2D eigenvalue weighted by molar-refractivity contribution is -0.117. The van der Waals surface area contributed by atoms with Crippen LogP contribution in [0.25, 0.3) is 0 Å². The van der Waals surface area contributed by atoms with Gasteiger partial charge in [0.25, 0.3) is 0 Å². The zero-order chi connectivity index (χ0) is 23.5. The molecule has 5 nitrogen and oxygen atoms in total. The van der Waals surface area contributed by atoms with Crippen LogP contribution in [0.3, 0.4) is 0 Å². The molecule has 11 heteroatoms. The van der Waals surface area contributed by atoms with E-state index in [0.717, 1.165) is 12.1 Å². The molecule has 168 valence electrons. The summed E-state index contributed by atoms with van der Waals surface area (Å²) in [5.41, 5.74) is -0.0646. The van der Waals surface area contributed by atoms with Crippen molar-refractivity contribution in [2.45, 2.75) is 17.4 Å². The molecule has 1 amide bonds. The lowest BCUT2D eigenvalue weighted by Crippen LogP contribution is -2.45. The number of anilines is 1. The van der Waals surface area contributed by atoms with Crippen LogP contribution in [-0.4, -0.2) is 20.4 Å². The van der Waals surface area contributed by atoms with Crippen molar-refractivity contribution in [2.24, 2.45) is 0 Å². The highest BCUT2D eigenvalue weighted by Gasteiger charge is 2.29. The molecule has 0 aliphatic rings. The van der Waals surface area contributed by atoms with Gasteiger partial charge in [0.05, 0.1) is 10.7 Å². The predicted octanol–water partition coefficient (Wildman–Crippen LogP) is 4.94. The third kappa shape index (κ3) is 5.60. The molecule has 0 saturated carbocycles. The summed E-state index contributed by atoms with van der Waals surface area (Å²) < 4.78 is 68.8. The number of hydrogen-bond acceptors (Lipinski definition) is 3. The number of sulfonamides is 1. The van der Waals surface area contributed by atoms with Gasteiger partial charge in [-0.2, -0.15) is 4.72 Å². The first-order valence-corrected chi connectivity index (χ1v) is 11.3. The van der Waals surface area contributed by atoms with E-state index in [1.807, 2.05) is 0 Å². The molecule has 1 atom stereocenters. The van der Waals surface area contributed by atoms with E-state index in [4.69, 9.17) is 23.2 Å². The SMILES string of the molecule is O=C(Nc1ccc(F)c(F)c1F)[C@H](Cc1ccccc1)NS(=O)(=O)c1cc(Cl)ccc1Cl. The van der Waals surface area contributed by atoms with Gasteiger partial charge in [-0.25, -0.2) is 21.6 Å². The van der Waals surface area contributed by atoms with E-state index in [1.54, 1.807) is 30.3 Å². The van der Waals surface area contributed by atoms with Crippen molar-refractivity contribution in [3.8, 4) is 0 Å². The standard InChI is InChI=1S/C21H15Cl2F3N2O3S/c22-13-6-7-14(23)18(11-13)32(30,31)28-17(10-12-4-2-1-3-5-12)21(29)27-16-9-8-15(24)19(25)20(16)26/h1-9,11,17,28H,10H2,(H,27,29)/t17-/m0/s1. The number of carbonyl (C=O) groups is 1. The summed E-state index contributed by atoms with van der Waals surface area (Å²) in [5, 5.41) is 2.06. The van der Waals surface area contributed by atoms with Crippen molar-refractivity contribution in [3.63, 3.8) is 0 Å². The Morgan fingerprint density at radius 3 is 2.31 bits per heavy atom. The zero-order valence-electron chi connectivity index (χ0n) is 16.1. The van der Waals surface area contributed by atoms with Crippen molar-refractivity contribution in [1.29, 1.82) is 0 Å². The first kappa shape index (κ1) is 24.1. The minimum atomic E-state index is -4.35. The number of benzene rings is 3. The highest BCUT2D eigenvalue weighted by Crippen LogP contribution is 2.26. The van der Waals surface area contributed by atoms with E-state index in [9.17, 15) is 26.4 Å². The Bertz CT molecular complexity index is 1260. The number of amides is 1. The highest BCUT2D eigenvalue weighted by molar-refractivity contribution is 7.89. The molecule has 0 aliphatic heterocycles. The predicted molar refractivity (Wildman–Crippen MR) is 116 cm³/mol. The van der Waals surface area contributed by atoms with E-state index in [1.165, 1.54) is 12.1 Å². The topological polar surface area (TPSA) is 75.3 Å². The quantitative estimate of drug-likeness (QED) is 0.449. The maximum atomic E-state index is 14.0. The Kier molecular flexibility index (Phi) is 7.45. The third-order valence-corrected chi connectivity index (χ3v) is 6.56. The molecule has 3 rings (SSSR count). The van der Waals surface area contributed by atoms with Crippen LogP contribution in [0.4, 0.5) is 18.9 Å². The first-order chi connectivity index (χ1) is 15.1. The van der Waals surface area contributed by atoms with E-state index < -0.39 is 45.1 Å². The largest absolute Gasteiger partial charge is 0.322 e. The van der Waals surface area contributed by atoms with E-state index in [0.29, 0.717) is 11.6 Å². The van der Waals surface area contributed by atoms with E-state index in [2.05, 4.69) is 10.0 Å². The Morgan fingerprint density at radius 2 is 1.62 bits per heavy atom. The molecule has 2 N–H and O–H groups in total. The van der Waals surface area contributed by atoms with Crippen LogP contribution < -0.4 is 10.0 Å². The number of nitrogens with one attached hydrogen (secondary N) is 2. The Morgan fingerprint density at radius 1 is 0.938 bits per heavy atom. The van der Waals surface area contributed by atoms with E-state index >= 15 is 0 Å². The first-order valence-electron chi connectivity index (χ1n) is 9.04. The van der Waals surface area contributed by atoms with Crippen LogP contribution >= 0.6 is 23.2 Å². The van der Waals surface area contributed by atoms with Gasteiger partial charge in [-0.1, -0.05) is 53.5 Å². The molecule has 3 aromatic carbocycles. The number of rotatable bonds is 7. The smallest absolute Gasteiger partial charge is 0.242 e. The van der Waals surface area contributed by atoms with Gasteiger partial charge in [-0.05, 0) is 42.3 Å². The summed E-state index contributed by atoms with van der Waals surface area (Å²) in [6.45, 7) is 0. The number of halogens is 5. The van der Waals surface area contributed by atoms with Gasteiger partial charge in [0.15, 0.2) is 17.5 Å². The average molecular weight is 503 g/mol. The van der Waals surface area contributed by atoms with Crippen LogP contribution in [0, 0.1) is 17.5 Å². The second kappa shape index (κ2) is 9.91. The Balaban J connectivity index is 1.94. The fraction of sp³-hybridized carbons (Fsp3) is 0.0952. The molecule has 0 heterocycles. The molecule has 0 bridgehead atoms. The maximum Gasteiger partial charge on any atom is 0.242 e. The van der Waals surface area contributed by atoms with Crippen LogP contribution in [0.1, 0.15) is 5.56 Å². The summed E-state index contributed by atoms with van der Waals surface area (Å²) in [4.78, 5) is 12.5. The third-order valence-electron chi connectivity index (χ3n) is 4.37. The fourth-order valence-electron chi connectivity index (χ4n) is 2.81. The fourth-order valence-corrected chi connectivity index (χ4v) is 4.77. The van der Waals surface area contributed by atoms with Gasteiger partial charge in [0.2, 0.25) is 15.9 Å². The minimum Gasteiger partial charge on any atom is -0.322 e. The van der Waals surface area contributed by atoms with Crippen molar-refractivity contribution >= 4 is 44.8 Å². The molecular weight excluding hydrogens is 488 g/mol. The van der Waals surface area contributed by atoms with Crippen molar-refractivity contribution < 1.29 is 26.4 Å². The molecule has 0 unspecified atom stereocenters. The average Bonchev–Trinajstić information content (AvgIpc) is 2.76. The van der Waals surface area contributed by atoms with Gasteiger partial charge >= 0.3 is 0 Å². The lowest BCUT2D eigenvalue weighted by atomic mass is 10.1. The van der Waals surface area contributed by atoms with Gasteiger partial charge in [0, 0.05) is 5.02 Å². The molecular formula is C21H15Cl2F3N2O3S. The zero-order valence-corrected chi connectivity index (χ0v) is 18.4. The Hall–Kier alpha value is -2.59. The molecule has 0 spiro atoms.